The molecule has 6 nitrogen and oxygen atoms in total. The van der Waals surface area contributed by atoms with E-state index < -0.39 is 5.41 Å². The Bertz CT molecular complexity index is 1590. The van der Waals surface area contributed by atoms with Crippen molar-refractivity contribution in [2.75, 3.05) is 4.90 Å². The van der Waals surface area contributed by atoms with Gasteiger partial charge in [0.2, 0.25) is 0 Å². The van der Waals surface area contributed by atoms with Gasteiger partial charge in [0.1, 0.15) is 17.3 Å². The van der Waals surface area contributed by atoms with Gasteiger partial charge in [-0.1, -0.05) is 44.2 Å². The molecule has 0 saturated carbocycles. The third-order valence-electron chi connectivity index (χ3n) is 7.05. The number of carbonyl (C=O) groups is 1. The predicted molar refractivity (Wildman–Crippen MR) is 144 cm³/mol. The van der Waals surface area contributed by atoms with Gasteiger partial charge in [-0.05, 0) is 55.8 Å². The molecule has 2 aliphatic rings. The highest BCUT2D eigenvalue weighted by Gasteiger charge is 2.43. The summed E-state index contributed by atoms with van der Waals surface area (Å²) < 4.78 is 8.24. The van der Waals surface area contributed by atoms with Crippen molar-refractivity contribution in [3.8, 4) is 11.4 Å². The molecule has 37 heavy (non-hydrogen) atoms. The number of para-hydroxylation sites is 1. The fraction of sp³-hybridized carbons (Fsp3) is 0.194. The summed E-state index contributed by atoms with van der Waals surface area (Å²) in [6.07, 6.45) is 3.97. The summed E-state index contributed by atoms with van der Waals surface area (Å²) in [5.74, 6) is 2.08. The fourth-order valence-electron chi connectivity index (χ4n) is 5.49. The monoisotopic (exact) mass is 488 g/mol. The molecule has 1 aliphatic heterocycles. The zero-order valence-corrected chi connectivity index (χ0v) is 21.4. The number of hydrogen-bond acceptors (Lipinski definition) is 5. The second-order valence-electron chi connectivity index (χ2n) is 10.1. The molecule has 3 heterocycles. The zero-order valence-electron chi connectivity index (χ0n) is 21.4. The van der Waals surface area contributed by atoms with Crippen LogP contribution in [0.25, 0.3) is 5.69 Å². The third kappa shape index (κ3) is 3.85. The van der Waals surface area contributed by atoms with Crippen molar-refractivity contribution in [1.29, 1.82) is 0 Å². The lowest BCUT2D eigenvalue weighted by atomic mass is 9.70. The summed E-state index contributed by atoms with van der Waals surface area (Å²) in [6, 6.07) is 23.9. The number of rotatable bonds is 4. The predicted octanol–water partition coefficient (Wildman–Crippen LogP) is 6.50. The van der Waals surface area contributed by atoms with Crippen LogP contribution in [-0.4, -0.2) is 20.5 Å². The van der Waals surface area contributed by atoms with Crippen LogP contribution in [-0.2, 0) is 10.2 Å². The number of allylic oxidation sites excluding steroid dienone is 3. The number of carbonyl (C=O) groups excluding carboxylic acids is 1. The Morgan fingerprint density at radius 2 is 1.76 bits per heavy atom. The first kappa shape index (κ1) is 23.0. The molecule has 0 saturated heterocycles. The van der Waals surface area contributed by atoms with Crippen molar-refractivity contribution in [2.45, 2.75) is 39.5 Å². The summed E-state index contributed by atoms with van der Waals surface area (Å²) in [5, 5.41) is 4.59. The van der Waals surface area contributed by atoms with Gasteiger partial charge in [0.15, 0.2) is 5.78 Å². The van der Waals surface area contributed by atoms with Crippen LogP contribution in [0.3, 0.4) is 0 Å². The minimum atomic E-state index is -0.453. The van der Waals surface area contributed by atoms with Gasteiger partial charge < -0.3 is 4.74 Å². The van der Waals surface area contributed by atoms with Crippen LogP contribution in [0.2, 0.25) is 0 Å². The maximum atomic E-state index is 13.7. The van der Waals surface area contributed by atoms with E-state index in [4.69, 9.17) is 4.74 Å². The van der Waals surface area contributed by atoms with Crippen LogP contribution < -0.4 is 9.64 Å². The van der Waals surface area contributed by atoms with Crippen molar-refractivity contribution >= 4 is 17.3 Å². The molecule has 2 aromatic carbocycles. The molecule has 6 heteroatoms. The molecule has 0 amide bonds. The number of ketones is 1. The van der Waals surface area contributed by atoms with Gasteiger partial charge >= 0.3 is 0 Å². The van der Waals surface area contributed by atoms with Gasteiger partial charge in [-0.3, -0.25) is 9.69 Å². The molecule has 0 unspecified atom stereocenters. The summed E-state index contributed by atoms with van der Waals surface area (Å²) in [6.45, 7) is 8.24. The second-order valence-corrected chi connectivity index (χ2v) is 10.1. The zero-order chi connectivity index (χ0) is 25.7. The molecule has 0 bridgehead atoms. The Hall–Kier alpha value is -4.45. The molecule has 184 valence electrons. The lowest BCUT2D eigenvalue weighted by Crippen LogP contribution is -2.39. The lowest BCUT2D eigenvalue weighted by molar-refractivity contribution is -0.116. The van der Waals surface area contributed by atoms with Crippen molar-refractivity contribution in [3.05, 3.63) is 119 Å². The molecule has 1 aliphatic carbocycles. The second kappa shape index (κ2) is 8.59. The number of aryl methyl sites for hydroxylation is 2. The minimum absolute atomic E-state index is 0.0580. The minimum Gasteiger partial charge on any atom is -0.461 e. The third-order valence-corrected chi connectivity index (χ3v) is 7.05. The van der Waals surface area contributed by atoms with Gasteiger partial charge in [-0.15, -0.1) is 0 Å². The van der Waals surface area contributed by atoms with Crippen molar-refractivity contribution in [2.24, 2.45) is 0 Å². The molecule has 0 atom stereocenters. The lowest BCUT2D eigenvalue weighted by Gasteiger charge is -2.43. The summed E-state index contributed by atoms with van der Waals surface area (Å²) >= 11 is 0. The average Bonchev–Trinajstić information content (AvgIpc) is 3.22. The Morgan fingerprint density at radius 3 is 2.51 bits per heavy atom. The Kier molecular flexibility index (Phi) is 5.33. The van der Waals surface area contributed by atoms with Gasteiger partial charge in [0, 0.05) is 35.0 Å². The number of Topliss-reactive ketones (excluding diaryl/α,β-unsaturated/α-hetero) is 1. The first-order chi connectivity index (χ1) is 17.8. The van der Waals surface area contributed by atoms with Crippen LogP contribution >= 0.6 is 0 Å². The number of fused-ring (bicyclic) bond motifs is 1. The molecule has 0 fully saturated rings. The Morgan fingerprint density at radius 1 is 0.946 bits per heavy atom. The largest absolute Gasteiger partial charge is 0.461 e. The highest BCUT2D eigenvalue weighted by molar-refractivity contribution is 6.04. The van der Waals surface area contributed by atoms with E-state index in [0.29, 0.717) is 11.5 Å². The van der Waals surface area contributed by atoms with E-state index in [1.165, 1.54) is 0 Å². The van der Waals surface area contributed by atoms with Crippen LogP contribution in [0.1, 0.15) is 37.2 Å². The van der Waals surface area contributed by atoms with Crippen molar-refractivity contribution in [3.63, 3.8) is 0 Å². The standard InChI is InChI=1S/C31H28N4O2/c1-20-16-21(2)35(33-20)22-10-9-11-23(17-22)37-24-18-27-30(28(36)19-24)31(3,4)25-12-5-6-13-26(25)34(27)29-14-7-8-15-32-29/h5-18H,19H2,1-4H3. The van der Waals surface area contributed by atoms with Gasteiger partial charge in [0.05, 0.1) is 29.2 Å². The van der Waals surface area contributed by atoms with Crippen LogP contribution in [0.15, 0.2) is 102 Å². The van der Waals surface area contributed by atoms with Crippen LogP contribution in [0.5, 0.6) is 5.75 Å². The van der Waals surface area contributed by atoms with E-state index in [1.807, 2.05) is 85.3 Å². The number of hydrogen-bond donors (Lipinski definition) is 0. The van der Waals surface area contributed by atoms with E-state index in [0.717, 1.165) is 45.4 Å². The quantitative estimate of drug-likeness (QED) is 0.328. The Balaban J connectivity index is 1.44. The molecule has 4 aromatic rings. The number of pyridine rings is 1. The number of anilines is 2. The Labute approximate surface area is 216 Å². The van der Waals surface area contributed by atoms with Crippen molar-refractivity contribution < 1.29 is 9.53 Å². The maximum Gasteiger partial charge on any atom is 0.169 e. The molecule has 6 rings (SSSR count). The van der Waals surface area contributed by atoms with E-state index in [1.54, 1.807) is 6.20 Å². The summed E-state index contributed by atoms with van der Waals surface area (Å²) in [7, 11) is 0. The van der Waals surface area contributed by atoms with Crippen LogP contribution in [0, 0.1) is 13.8 Å². The molecule has 0 N–H and O–H groups in total. The topological polar surface area (TPSA) is 60.2 Å². The molecular formula is C31H28N4O2. The number of benzene rings is 2. The maximum absolute atomic E-state index is 13.7. The summed E-state index contributed by atoms with van der Waals surface area (Å²) in [5.41, 5.74) is 6.16. The van der Waals surface area contributed by atoms with E-state index >= 15 is 0 Å². The highest BCUT2D eigenvalue weighted by Crippen LogP contribution is 2.50. The number of ether oxygens (including phenoxy) is 1. The smallest absolute Gasteiger partial charge is 0.169 e. The molecule has 0 spiro atoms. The van der Waals surface area contributed by atoms with Gasteiger partial charge in [-0.2, -0.15) is 5.10 Å². The van der Waals surface area contributed by atoms with Gasteiger partial charge in [-0.25, -0.2) is 9.67 Å². The van der Waals surface area contributed by atoms with E-state index in [-0.39, 0.29) is 12.2 Å². The number of nitrogens with zero attached hydrogens (tertiary/aromatic N) is 4. The first-order valence-electron chi connectivity index (χ1n) is 12.4. The highest BCUT2D eigenvalue weighted by atomic mass is 16.5. The van der Waals surface area contributed by atoms with Gasteiger partial charge in [0.25, 0.3) is 0 Å². The fourth-order valence-corrected chi connectivity index (χ4v) is 5.49. The van der Waals surface area contributed by atoms with Crippen LogP contribution in [0.4, 0.5) is 11.5 Å². The molecule has 0 radical (unpaired) electrons. The molecule has 2 aromatic heterocycles. The number of aromatic nitrogens is 3. The SMILES string of the molecule is Cc1cc(C)n(-c2cccc(OC3=CC4=C(C(=O)C3)C(C)(C)c3ccccc3N4c3ccccn3)c2)n1. The van der Waals surface area contributed by atoms with Crippen molar-refractivity contribution in [1.82, 2.24) is 14.8 Å². The first-order valence-corrected chi connectivity index (χ1v) is 12.4. The normalized spacial score (nSPS) is 16.3. The molecular weight excluding hydrogens is 460 g/mol. The van der Waals surface area contributed by atoms with E-state index in [2.05, 4.69) is 41.0 Å². The van der Waals surface area contributed by atoms with E-state index in [9.17, 15) is 4.79 Å². The average molecular weight is 489 g/mol. The summed E-state index contributed by atoms with van der Waals surface area (Å²) in [4.78, 5) is 20.4.